The van der Waals surface area contributed by atoms with Gasteiger partial charge in [-0.05, 0) is 0 Å². The lowest BCUT2D eigenvalue weighted by molar-refractivity contribution is -0.135. The van der Waals surface area contributed by atoms with E-state index in [2.05, 4.69) is 11.1 Å². The van der Waals surface area contributed by atoms with Crippen molar-refractivity contribution < 1.29 is 14.7 Å². The van der Waals surface area contributed by atoms with E-state index < -0.39 is 5.97 Å². The van der Waals surface area contributed by atoms with Crippen molar-refractivity contribution in [3.8, 4) is 0 Å². The van der Waals surface area contributed by atoms with Gasteiger partial charge in [0.2, 0.25) is 5.91 Å². The summed E-state index contributed by atoms with van der Waals surface area (Å²) in [6.45, 7) is 1.19. The predicted octanol–water partition coefficient (Wildman–Crippen LogP) is -1.22. The van der Waals surface area contributed by atoms with Gasteiger partial charge >= 0.3 is 5.97 Å². The smallest absolute Gasteiger partial charge is 0.317 e. The Morgan fingerprint density at radius 3 is 1.80 bits per heavy atom. The van der Waals surface area contributed by atoms with Crippen molar-refractivity contribution in [2.24, 2.45) is 5.73 Å². The Morgan fingerprint density at radius 1 is 1.60 bits per heavy atom. The van der Waals surface area contributed by atoms with Crippen molar-refractivity contribution in [1.82, 2.24) is 5.32 Å². The highest BCUT2D eigenvalue weighted by atomic mass is 16.4. The molecule has 0 unspecified atom stereocenters. The van der Waals surface area contributed by atoms with Crippen molar-refractivity contribution >= 4 is 11.9 Å². The van der Waals surface area contributed by atoms with Crippen LogP contribution in [0.3, 0.4) is 0 Å². The fourth-order valence-electron chi connectivity index (χ4n) is 0. The van der Waals surface area contributed by atoms with Gasteiger partial charge in [0.05, 0.1) is 6.54 Å². The molecule has 0 spiro atoms. The maximum Gasteiger partial charge on any atom is 0.317 e. The van der Waals surface area contributed by atoms with E-state index in [0.717, 1.165) is 0 Å². The van der Waals surface area contributed by atoms with Crippen molar-refractivity contribution in [2.45, 2.75) is 6.92 Å². The van der Waals surface area contributed by atoms with Crippen molar-refractivity contribution in [2.75, 3.05) is 13.6 Å². The third-order valence-corrected chi connectivity index (χ3v) is 0.527. The monoisotopic (exact) mass is 148 g/mol. The molecule has 60 valence electrons. The van der Waals surface area contributed by atoms with Crippen LogP contribution in [0.15, 0.2) is 0 Å². The van der Waals surface area contributed by atoms with Crippen LogP contribution >= 0.6 is 0 Å². The Hall–Kier alpha value is -1.10. The quantitative estimate of drug-likeness (QED) is 0.434. The summed E-state index contributed by atoms with van der Waals surface area (Å²) in [5, 5.41) is 9.99. The second kappa shape index (κ2) is 7.90. The first-order valence-corrected chi connectivity index (χ1v) is 2.64. The molecule has 0 bridgehead atoms. The maximum atomic E-state index is 9.70. The summed E-state index contributed by atoms with van der Waals surface area (Å²) >= 11 is 0. The summed E-state index contributed by atoms with van der Waals surface area (Å²) in [4.78, 5) is 18.9. The number of aliphatic carboxylic acids is 1. The Morgan fingerprint density at radius 2 is 1.80 bits per heavy atom. The van der Waals surface area contributed by atoms with Crippen LogP contribution in [0.5, 0.6) is 0 Å². The molecule has 0 rings (SSSR count). The Kier molecular flexibility index (Phi) is 9.22. The lowest BCUT2D eigenvalue weighted by Gasteiger charge is -1.80. The van der Waals surface area contributed by atoms with Gasteiger partial charge in [-0.25, -0.2) is 0 Å². The molecule has 5 nitrogen and oxygen atoms in total. The summed E-state index contributed by atoms with van der Waals surface area (Å²) in [7, 11) is 1.60. The second-order valence-electron chi connectivity index (χ2n) is 1.40. The van der Waals surface area contributed by atoms with Crippen LogP contribution in [-0.2, 0) is 9.59 Å². The van der Waals surface area contributed by atoms with Gasteiger partial charge in [0.25, 0.3) is 0 Å². The van der Waals surface area contributed by atoms with E-state index in [1.165, 1.54) is 6.92 Å². The van der Waals surface area contributed by atoms with Crippen LogP contribution in [0.25, 0.3) is 0 Å². The highest BCUT2D eigenvalue weighted by molar-refractivity contribution is 5.72. The average molecular weight is 148 g/mol. The molecule has 5 heteroatoms. The second-order valence-corrected chi connectivity index (χ2v) is 1.40. The minimum Gasteiger partial charge on any atom is -0.480 e. The highest BCUT2D eigenvalue weighted by Gasteiger charge is 1.81. The lowest BCUT2D eigenvalue weighted by Crippen LogP contribution is -2.11. The van der Waals surface area contributed by atoms with Gasteiger partial charge in [0.1, 0.15) is 0 Å². The summed E-state index contributed by atoms with van der Waals surface area (Å²) in [6.07, 6.45) is 0. The largest absolute Gasteiger partial charge is 0.480 e. The van der Waals surface area contributed by atoms with E-state index in [9.17, 15) is 9.59 Å². The van der Waals surface area contributed by atoms with Crippen LogP contribution in [-0.4, -0.2) is 30.6 Å². The molecule has 0 aliphatic carbocycles. The maximum absolute atomic E-state index is 9.70. The van der Waals surface area contributed by atoms with Crippen LogP contribution in [0.1, 0.15) is 6.92 Å². The zero-order chi connectivity index (χ0) is 8.57. The third kappa shape index (κ3) is 28.6. The Labute approximate surface area is 59.2 Å². The molecule has 0 fully saturated rings. The van der Waals surface area contributed by atoms with Gasteiger partial charge in [0.15, 0.2) is 0 Å². The number of amides is 1. The van der Waals surface area contributed by atoms with E-state index in [0.29, 0.717) is 0 Å². The molecule has 0 aromatic rings. The SMILES string of the molecule is CNC(C)=O.NCC(=O)O. The van der Waals surface area contributed by atoms with Crippen LogP contribution < -0.4 is 11.1 Å². The van der Waals surface area contributed by atoms with Crippen molar-refractivity contribution in [3.05, 3.63) is 0 Å². The molecule has 0 saturated carbocycles. The molecule has 0 aromatic heterocycles. The van der Waals surface area contributed by atoms with Gasteiger partial charge < -0.3 is 16.2 Å². The molecule has 4 N–H and O–H groups in total. The minimum absolute atomic E-state index is 0.00463. The van der Waals surface area contributed by atoms with Gasteiger partial charge in [-0.2, -0.15) is 0 Å². The molecule has 0 aliphatic rings. The van der Waals surface area contributed by atoms with Crippen LogP contribution in [0.4, 0.5) is 0 Å². The lowest BCUT2D eigenvalue weighted by atomic mass is 10.7. The zero-order valence-corrected chi connectivity index (χ0v) is 6.05. The highest BCUT2D eigenvalue weighted by Crippen LogP contribution is 1.45. The summed E-state index contributed by atoms with van der Waals surface area (Å²) in [5.74, 6) is -0.963. The first-order valence-electron chi connectivity index (χ1n) is 2.64. The van der Waals surface area contributed by atoms with E-state index in [4.69, 9.17) is 5.11 Å². The number of carboxylic acid groups (broad SMARTS) is 1. The summed E-state index contributed by atoms with van der Waals surface area (Å²) in [6, 6.07) is 0. The first kappa shape index (κ1) is 11.7. The average Bonchev–Trinajstić information content (AvgIpc) is 1.89. The first-order chi connectivity index (χ1) is 4.54. The standard InChI is InChI=1S/C3H7NO.C2H5NO2/c1-3(5)4-2;3-1-2(4)5/h1-2H3,(H,4,5);1,3H2,(H,4,5). The van der Waals surface area contributed by atoms with Crippen molar-refractivity contribution in [1.29, 1.82) is 0 Å². The molecule has 10 heavy (non-hydrogen) atoms. The molecule has 0 atom stereocenters. The molecule has 0 aromatic carbocycles. The summed E-state index contributed by atoms with van der Waals surface area (Å²) in [5.41, 5.74) is 4.57. The molecule has 1 amide bonds. The van der Waals surface area contributed by atoms with Gasteiger partial charge in [0, 0.05) is 14.0 Å². The van der Waals surface area contributed by atoms with E-state index >= 15 is 0 Å². The number of nitrogens with one attached hydrogen (secondary N) is 1. The Bertz CT molecular complexity index is 99.5. The van der Waals surface area contributed by atoms with Gasteiger partial charge in [-0.3, -0.25) is 9.59 Å². The Balaban J connectivity index is 0. The van der Waals surface area contributed by atoms with Crippen molar-refractivity contribution in [3.63, 3.8) is 0 Å². The number of carbonyl (C=O) groups is 2. The van der Waals surface area contributed by atoms with Gasteiger partial charge in [-0.15, -0.1) is 0 Å². The van der Waals surface area contributed by atoms with E-state index in [1.807, 2.05) is 0 Å². The molecule has 0 heterocycles. The van der Waals surface area contributed by atoms with Crippen LogP contribution in [0.2, 0.25) is 0 Å². The predicted molar refractivity (Wildman–Crippen MR) is 36.4 cm³/mol. The topological polar surface area (TPSA) is 92.4 Å². The van der Waals surface area contributed by atoms with Crippen LogP contribution in [0, 0.1) is 0 Å². The summed E-state index contributed by atoms with van der Waals surface area (Å²) < 4.78 is 0. The third-order valence-electron chi connectivity index (χ3n) is 0.527. The fourth-order valence-corrected chi connectivity index (χ4v) is 0. The normalized spacial score (nSPS) is 7.10. The number of rotatable bonds is 1. The fraction of sp³-hybridized carbons (Fsp3) is 0.600. The molecule has 0 saturated heterocycles. The minimum atomic E-state index is -0.968. The van der Waals surface area contributed by atoms with E-state index in [-0.39, 0.29) is 12.5 Å². The number of carboxylic acids is 1. The number of hydrogen-bond donors (Lipinski definition) is 3. The zero-order valence-electron chi connectivity index (χ0n) is 6.05. The number of carbonyl (C=O) groups excluding carboxylic acids is 1. The number of hydrogen-bond acceptors (Lipinski definition) is 3. The molecule has 0 radical (unpaired) electrons. The van der Waals surface area contributed by atoms with Gasteiger partial charge in [-0.1, -0.05) is 0 Å². The van der Waals surface area contributed by atoms with E-state index in [1.54, 1.807) is 7.05 Å². The molecular weight excluding hydrogens is 136 g/mol. The number of nitrogens with two attached hydrogens (primary N) is 1. The molecular formula is C5H12N2O3. The molecule has 0 aliphatic heterocycles.